The van der Waals surface area contributed by atoms with E-state index < -0.39 is 34.6 Å². The number of hydrogen-bond acceptors (Lipinski definition) is 9. The number of nitrogens with two attached hydrogens (primary N) is 1. The van der Waals surface area contributed by atoms with Crippen molar-refractivity contribution in [3.63, 3.8) is 0 Å². The minimum Gasteiger partial charge on any atom is -0.396 e. The highest BCUT2D eigenvalue weighted by Crippen LogP contribution is 2.43. The molecule has 1 spiro atoms. The van der Waals surface area contributed by atoms with E-state index in [1.165, 1.54) is 47.1 Å². The van der Waals surface area contributed by atoms with Crippen molar-refractivity contribution in [2.45, 2.75) is 75.0 Å². The van der Waals surface area contributed by atoms with Crippen molar-refractivity contribution in [3.05, 3.63) is 93.3 Å². The third-order valence-corrected chi connectivity index (χ3v) is 12.5. The van der Waals surface area contributed by atoms with Gasteiger partial charge in [0, 0.05) is 57.1 Å². The molecule has 3 aliphatic rings. The number of halogens is 3. The van der Waals surface area contributed by atoms with Crippen molar-refractivity contribution in [2.75, 3.05) is 43.9 Å². The summed E-state index contributed by atoms with van der Waals surface area (Å²) in [4.78, 5) is 59.0. The minimum absolute atomic E-state index is 0.0432. The molecule has 8 rings (SSSR count). The number of amides is 2. The van der Waals surface area contributed by atoms with Gasteiger partial charge in [-0.2, -0.15) is 5.10 Å². The van der Waals surface area contributed by atoms with Gasteiger partial charge in [-0.1, -0.05) is 0 Å². The zero-order chi connectivity index (χ0) is 40.9. The van der Waals surface area contributed by atoms with Crippen LogP contribution in [0.25, 0.3) is 21.8 Å². The maximum Gasteiger partial charge on any atom is 0.322 e. The predicted octanol–water partition coefficient (Wildman–Crippen LogP) is 5.77. The molecule has 4 heterocycles. The Hall–Kier alpha value is -5.61. The lowest BCUT2D eigenvalue weighted by molar-refractivity contribution is -0.107. The van der Waals surface area contributed by atoms with Gasteiger partial charge in [0.15, 0.2) is 17.4 Å². The summed E-state index contributed by atoms with van der Waals surface area (Å²) in [6.45, 7) is 2.12. The number of fused-ring (bicyclic) bond motifs is 2. The average Bonchev–Trinajstić information content (AvgIpc) is 3.78. The Bertz CT molecular complexity index is 2490. The van der Waals surface area contributed by atoms with Gasteiger partial charge in [0.05, 0.1) is 52.2 Å². The van der Waals surface area contributed by atoms with Gasteiger partial charge in [-0.05, 0) is 98.9 Å². The quantitative estimate of drug-likeness (QED) is 0.107. The number of anilines is 2. The molecule has 5 aromatic rings. The molecule has 304 valence electrons. The van der Waals surface area contributed by atoms with Crippen LogP contribution in [0.4, 0.5) is 29.5 Å². The van der Waals surface area contributed by atoms with E-state index in [1.807, 2.05) is 6.07 Å². The Morgan fingerprint density at radius 3 is 2.50 bits per heavy atom. The molecule has 2 aliphatic heterocycles. The molecule has 1 saturated carbocycles. The number of carbonyl (C=O) groups is 3. The van der Waals surface area contributed by atoms with Crippen LogP contribution < -0.4 is 21.5 Å². The third kappa shape index (κ3) is 7.01. The van der Waals surface area contributed by atoms with Crippen LogP contribution >= 0.6 is 0 Å². The highest BCUT2D eigenvalue weighted by atomic mass is 19.1. The number of likely N-dealkylation sites (tertiary alicyclic amines) is 1. The Labute approximate surface area is 331 Å². The summed E-state index contributed by atoms with van der Waals surface area (Å²) < 4.78 is 54.6. The Kier molecular flexibility index (Phi) is 10.6. The maximum absolute atomic E-state index is 15.8. The molecule has 1 unspecified atom stereocenters. The number of ketones is 1. The van der Waals surface area contributed by atoms with E-state index in [9.17, 15) is 28.0 Å². The summed E-state index contributed by atoms with van der Waals surface area (Å²) in [5.74, 6) is -3.09. The first-order valence-corrected chi connectivity index (χ1v) is 19.7. The van der Waals surface area contributed by atoms with Crippen molar-refractivity contribution in [2.24, 2.45) is 7.05 Å². The standard InChI is InChI=1S/C42H45F3N8O5/c1-47-41(57)52(14-3-17-54)39-30-19-32(44)28(20-35(30)50(2)49-39)24-4-7-26(8-5-24)51-15-12-42(13-16-51)21-27(22-58-42)53-23-48-34-11-6-25(18-29(34)40(53)56)38(55)36-31(43)9-10-33(46)37(36)45/h6,9-11,17-20,23-24,26-27H,3-5,7-8,12-16,21-22,46H2,1-2H3,(H,47,57). The summed E-state index contributed by atoms with van der Waals surface area (Å²) in [6, 6.07) is 9.15. The highest BCUT2D eigenvalue weighted by molar-refractivity contribution is 6.11. The monoisotopic (exact) mass is 798 g/mol. The Morgan fingerprint density at radius 2 is 1.78 bits per heavy atom. The fraction of sp³-hybridized carbons (Fsp3) is 0.429. The number of urea groups is 1. The number of nitrogen functional groups attached to an aromatic ring is 1. The second-order valence-electron chi connectivity index (χ2n) is 15.7. The first-order chi connectivity index (χ1) is 27.9. The first kappa shape index (κ1) is 39.2. The topological polar surface area (TPSA) is 158 Å². The molecule has 1 atom stereocenters. The van der Waals surface area contributed by atoms with Crippen molar-refractivity contribution in [1.82, 2.24) is 29.5 Å². The molecule has 2 saturated heterocycles. The number of aryl methyl sites for hydroxylation is 1. The van der Waals surface area contributed by atoms with Crippen LogP contribution in [0.2, 0.25) is 0 Å². The van der Waals surface area contributed by atoms with Gasteiger partial charge in [0.1, 0.15) is 17.9 Å². The lowest BCUT2D eigenvalue weighted by Crippen LogP contribution is -2.49. The minimum atomic E-state index is -1.15. The highest BCUT2D eigenvalue weighted by Gasteiger charge is 2.45. The zero-order valence-electron chi connectivity index (χ0n) is 32.3. The molecule has 3 aromatic carbocycles. The number of hydrogen-bond donors (Lipinski definition) is 2. The number of nitrogens with one attached hydrogen (secondary N) is 1. The van der Waals surface area contributed by atoms with Crippen LogP contribution in [0, 0.1) is 17.5 Å². The molecule has 3 N–H and O–H groups in total. The lowest BCUT2D eigenvalue weighted by Gasteiger charge is -2.44. The van der Waals surface area contributed by atoms with E-state index in [-0.39, 0.29) is 52.9 Å². The number of aromatic nitrogens is 4. The number of piperidine rings is 1. The first-order valence-electron chi connectivity index (χ1n) is 19.7. The van der Waals surface area contributed by atoms with Gasteiger partial charge >= 0.3 is 6.03 Å². The molecule has 0 radical (unpaired) electrons. The Morgan fingerprint density at radius 1 is 1.02 bits per heavy atom. The molecule has 1 aliphatic carbocycles. The van der Waals surface area contributed by atoms with E-state index >= 15 is 4.39 Å². The fourth-order valence-corrected chi connectivity index (χ4v) is 9.26. The Balaban J connectivity index is 0.905. The van der Waals surface area contributed by atoms with Crippen LogP contribution in [-0.2, 0) is 16.6 Å². The lowest BCUT2D eigenvalue weighted by atomic mass is 9.79. The van der Waals surface area contributed by atoms with E-state index in [2.05, 4.69) is 20.3 Å². The number of benzene rings is 3. The van der Waals surface area contributed by atoms with Crippen LogP contribution in [0.1, 0.15) is 84.8 Å². The van der Waals surface area contributed by atoms with E-state index in [1.54, 1.807) is 11.7 Å². The van der Waals surface area contributed by atoms with Crippen molar-refractivity contribution < 1.29 is 32.3 Å². The van der Waals surface area contributed by atoms with Gasteiger partial charge in [-0.25, -0.2) is 22.9 Å². The van der Waals surface area contributed by atoms with E-state index in [0.717, 1.165) is 70.0 Å². The number of aldehydes is 1. The van der Waals surface area contributed by atoms with E-state index in [0.29, 0.717) is 46.9 Å². The summed E-state index contributed by atoms with van der Waals surface area (Å²) in [5, 5.41) is 7.78. The average molecular weight is 799 g/mol. The molecule has 58 heavy (non-hydrogen) atoms. The van der Waals surface area contributed by atoms with Crippen molar-refractivity contribution >= 4 is 51.4 Å². The van der Waals surface area contributed by atoms with Crippen molar-refractivity contribution in [1.29, 1.82) is 0 Å². The summed E-state index contributed by atoms with van der Waals surface area (Å²) >= 11 is 0. The third-order valence-electron chi connectivity index (χ3n) is 12.5. The molecule has 13 nitrogen and oxygen atoms in total. The number of rotatable bonds is 9. The van der Waals surface area contributed by atoms with Crippen molar-refractivity contribution in [3.8, 4) is 0 Å². The smallest absolute Gasteiger partial charge is 0.322 e. The molecular formula is C42H45F3N8O5. The molecule has 2 amide bonds. The summed E-state index contributed by atoms with van der Waals surface area (Å²) in [5.41, 5.74) is 5.36. The van der Waals surface area contributed by atoms with Crippen LogP contribution in [0.5, 0.6) is 0 Å². The second-order valence-corrected chi connectivity index (χ2v) is 15.7. The van der Waals surface area contributed by atoms with Crippen LogP contribution in [0.3, 0.4) is 0 Å². The van der Waals surface area contributed by atoms with Crippen LogP contribution in [0.15, 0.2) is 53.6 Å². The van der Waals surface area contributed by atoms with Gasteiger partial charge in [-0.3, -0.25) is 23.7 Å². The molecule has 3 fully saturated rings. The normalized spacial score (nSPS) is 20.8. The molecule has 0 bridgehead atoms. The molecular weight excluding hydrogens is 754 g/mol. The predicted molar refractivity (Wildman–Crippen MR) is 212 cm³/mol. The van der Waals surface area contributed by atoms with E-state index in [4.69, 9.17) is 10.5 Å². The van der Waals surface area contributed by atoms with Gasteiger partial charge in [0.25, 0.3) is 5.56 Å². The maximum atomic E-state index is 15.8. The number of carbonyl (C=O) groups excluding carboxylic acids is 3. The fourth-order valence-electron chi connectivity index (χ4n) is 9.26. The van der Waals surface area contributed by atoms with Gasteiger partial charge < -0.3 is 25.5 Å². The second kappa shape index (κ2) is 15.6. The number of ether oxygens (including phenoxy) is 1. The summed E-state index contributed by atoms with van der Waals surface area (Å²) in [7, 11) is 3.26. The van der Waals surface area contributed by atoms with Gasteiger partial charge in [-0.15, -0.1) is 0 Å². The SMILES string of the molecule is CNC(=O)N(CCC=O)c1nn(C)c2cc(C3CCC(N4CCC5(CC4)CC(n4cnc6ccc(C(=O)c7c(F)ccc(N)c7F)cc6c4=O)CO5)CC3)c(F)cc12. The van der Waals surface area contributed by atoms with Crippen LogP contribution in [-0.4, -0.2) is 87.3 Å². The van der Waals surface area contributed by atoms with Gasteiger partial charge in [0.2, 0.25) is 0 Å². The number of nitrogens with zero attached hydrogens (tertiary/aromatic N) is 6. The largest absolute Gasteiger partial charge is 0.396 e. The molecule has 2 aromatic heterocycles. The summed E-state index contributed by atoms with van der Waals surface area (Å²) in [6.07, 6.45) is 8.06. The molecule has 16 heteroatoms. The zero-order valence-corrected chi connectivity index (χ0v) is 32.3.